The van der Waals surface area contributed by atoms with Gasteiger partial charge in [0.2, 0.25) is 5.69 Å². The number of ether oxygens (including phenoxy) is 1. The summed E-state index contributed by atoms with van der Waals surface area (Å²) in [6.45, 7) is 0. The third-order valence-corrected chi connectivity index (χ3v) is 0.863. The largest absolute Gasteiger partial charge is 0.491 e. The highest BCUT2D eigenvalue weighted by Gasteiger charge is 2.04. The molecule has 0 unspecified atom stereocenters. The second-order valence-corrected chi connectivity index (χ2v) is 1.34. The Morgan fingerprint density at radius 1 is 1.89 bits per heavy atom. The molecule has 0 spiro atoms. The lowest BCUT2D eigenvalue weighted by Crippen LogP contribution is -1.82. The molecule has 4 nitrogen and oxygen atoms in total. The molecular formula is C5H4N2O2. The molecule has 0 N–H and O–H groups in total. The maximum absolute atomic E-state index is 8.29. The average molecular weight is 124 g/mol. The van der Waals surface area contributed by atoms with Crippen molar-refractivity contribution in [3.8, 4) is 11.8 Å². The minimum absolute atomic E-state index is 0.178. The Labute approximate surface area is 51.6 Å². The minimum atomic E-state index is 0.178. The number of hydrogen-bond donors (Lipinski definition) is 0. The number of methoxy groups -OCH3 is 1. The van der Waals surface area contributed by atoms with Gasteiger partial charge in [0.05, 0.1) is 7.11 Å². The van der Waals surface area contributed by atoms with E-state index in [2.05, 4.69) is 9.68 Å². The smallest absolute Gasteiger partial charge is 0.225 e. The first kappa shape index (κ1) is 5.63. The standard InChI is InChI=1S/C5H4N2O2/c1-8-5-3-9-7-4(5)2-6/h3H,1H3. The molecule has 1 aromatic rings. The van der Waals surface area contributed by atoms with E-state index in [4.69, 9.17) is 10.00 Å². The number of aromatic nitrogens is 1. The molecule has 0 atom stereocenters. The number of nitrogens with zero attached hydrogens (tertiary/aromatic N) is 2. The van der Waals surface area contributed by atoms with Gasteiger partial charge in [-0.15, -0.1) is 0 Å². The van der Waals surface area contributed by atoms with E-state index in [0.717, 1.165) is 0 Å². The second-order valence-electron chi connectivity index (χ2n) is 1.34. The van der Waals surface area contributed by atoms with Crippen molar-refractivity contribution in [3.63, 3.8) is 0 Å². The molecule has 4 heteroatoms. The van der Waals surface area contributed by atoms with Crippen LogP contribution in [0.1, 0.15) is 5.69 Å². The Morgan fingerprint density at radius 2 is 2.67 bits per heavy atom. The molecule has 1 rings (SSSR count). The Bertz CT molecular complexity index is 235. The van der Waals surface area contributed by atoms with Crippen molar-refractivity contribution in [3.05, 3.63) is 12.0 Å². The van der Waals surface area contributed by atoms with E-state index < -0.39 is 0 Å². The maximum atomic E-state index is 8.29. The highest BCUT2D eigenvalue weighted by molar-refractivity contribution is 5.32. The Hall–Kier alpha value is -1.50. The van der Waals surface area contributed by atoms with Gasteiger partial charge in [0.25, 0.3) is 0 Å². The van der Waals surface area contributed by atoms with Gasteiger partial charge >= 0.3 is 0 Å². The number of hydrogen-bond acceptors (Lipinski definition) is 4. The third kappa shape index (κ3) is 0.842. The molecule has 46 valence electrons. The molecule has 0 bridgehead atoms. The lowest BCUT2D eigenvalue weighted by atomic mass is 10.4. The highest BCUT2D eigenvalue weighted by Crippen LogP contribution is 2.13. The van der Waals surface area contributed by atoms with Crippen LogP contribution in [0.15, 0.2) is 10.8 Å². The van der Waals surface area contributed by atoms with Gasteiger partial charge in [0.15, 0.2) is 12.0 Å². The summed E-state index contributed by atoms with van der Waals surface area (Å²) < 4.78 is 9.13. The van der Waals surface area contributed by atoms with E-state index in [-0.39, 0.29) is 5.69 Å². The maximum Gasteiger partial charge on any atom is 0.225 e. The SMILES string of the molecule is COc1conc1C#N. The molecule has 0 saturated carbocycles. The zero-order valence-electron chi connectivity index (χ0n) is 4.79. The molecule has 0 radical (unpaired) electrons. The van der Waals surface area contributed by atoms with E-state index in [9.17, 15) is 0 Å². The van der Waals surface area contributed by atoms with Crippen LogP contribution in [0.4, 0.5) is 0 Å². The van der Waals surface area contributed by atoms with Crippen LogP contribution in [0.25, 0.3) is 0 Å². The van der Waals surface area contributed by atoms with Crippen molar-refractivity contribution in [1.82, 2.24) is 5.16 Å². The van der Waals surface area contributed by atoms with Crippen LogP contribution < -0.4 is 4.74 Å². The first-order valence-corrected chi connectivity index (χ1v) is 2.27. The third-order valence-electron chi connectivity index (χ3n) is 0.863. The van der Waals surface area contributed by atoms with E-state index in [1.807, 2.05) is 0 Å². The van der Waals surface area contributed by atoms with Crippen LogP contribution in [0, 0.1) is 11.3 Å². The zero-order valence-corrected chi connectivity index (χ0v) is 4.79. The predicted molar refractivity (Wildman–Crippen MR) is 27.8 cm³/mol. The van der Waals surface area contributed by atoms with Crippen molar-refractivity contribution < 1.29 is 9.26 Å². The first-order chi connectivity index (χ1) is 4.38. The minimum Gasteiger partial charge on any atom is -0.491 e. The molecule has 1 aromatic heterocycles. The van der Waals surface area contributed by atoms with Gasteiger partial charge in [-0.05, 0) is 0 Å². The van der Waals surface area contributed by atoms with Gasteiger partial charge in [-0.3, -0.25) is 0 Å². The molecule has 0 saturated heterocycles. The van der Waals surface area contributed by atoms with Gasteiger partial charge in [0.1, 0.15) is 6.07 Å². The van der Waals surface area contributed by atoms with E-state index in [1.54, 1.807) is 6.07 Å². The van der Waals surface area contributed by atoms with Gasteiger partial charge in [-0.1, -0.05) is 5.16 Å². The summed E-state index contributed by atoms with van der Waals surface area (Å²) in [6, 6.07) is 1.80. The summed E-state index contributed by atoms with van der Waals surface area (Å²) in [5.74, 6) is 0.373. The van der Waals surface area contributed by atoms with Crippen molar-refractivity contribution >= 4 is 0 Å². The summed E-state index contributed by atoms with van der Waals surface area (Å²) in [4.78, 5) is 0. The zero-order chi connectivity index (χ0) is 6.69. The van der Waals surface area contributed by atoms with Crippen molar-refractivity contribution in [2.24, 2.45) is 0 Å². The topological polar surface area (TPSA) is 59.1 Å². The molecule has 0 aliphatic heterocycles. The monoisotopic (exact) mass is 124 g/mol. The number of nitriles is 1. The van der Waals surface area contributed by atoms with Crippen LogP contribution in [-0.4, -0.2) is 12.3 Å². The van der Waals surface area contributed by atoms with Crippen LogP contribution in [0.5, 0.6) is 5.75 Å². The predicted octanol–water partition coefficient (Wildman–Crippen LogP) is 0.555. The summed E-state index contributed by atoms with van der Waals surface area (Å²) in [6.07, 6.45) is 1.28. The molecule has 0 aliphatic carbocycles. The van der Waals surface area contributed by atoms with E-state index >= 15 is 0 Å². The van der Waals surface area contributed by atoms with E-state index in [1.165, 1.54) is 13.4 Å². The normalized spacial score (nSPS) is 8.44. The quantitative estimate of drug-likeness (QED) is 0.548. The summed E-state index contributed by atoms with van der Waals surface area (Å²) in [5.41, 5.74) is 0.178. The lowest BCUT2D eigenvalue weighted by Gasteiger charge is -1.87. The first-order valence-electron chi connectivity index (χ1n) is 2.27. The van der Waals surface area contributed by atoms with Gasteiger partial charge < -0.3 is 9.26 Å². The van der Waals surface area contributed by atoms with Gasteiger partial charge in [0, 0.05) is 0 Å². The van der Waals surface area contributed by atoms with Crippen LogP contribution in [0.2, 0.25) is 0 Å². The summed E-state index contributed by atoms with van der Waals surface area (Å²) in [7, 11) is 1.45. The summed E-state index contributed by atoms with van der Waals surface area (Å²) in [5, 5.41) is 11.6. The average Bonchev–Trinajstić information content (AvgIpc) is 2.33. The lowest BCUT2D eigenvalue weighted by molar-refractivity contribution is 0.390. The van der Waals surface area contributed by atoms with Gasteiger partial charge in [-0.2, -0.15) is 5.26 Å². The fourth-order valence-electron chi connectivity index (χ4n) is 0.448. The van der Waals surface area contributed by atoms with Crippen LogP contribution >= 0.6 is 0 Å². The van der Waals surface area contributed by atoms with Crippen molar-refractivity contribution in [2.75, 3.05) is 7.11 Å². The Balaban J connectivity index is 3.02. The van der Waals surface area contributed by atoms with Crippen LogP contribution in [0.3, 0.4) is 0 Å². The molecule has 9 heavy (non-hydrogen) atoms. The molecule has 0 amide bonds. The fourth-order valence-corrected chi connectivity index (χ4v) is 0.448. The van der Waals surface area contributed by atoms with Crippen molar-refractivity contribution in [2.45, 2.75) is 0 Å². The summed E-state index contributed by atoms with van der Waals surface area (Å²) >= 11 is 0. The molecule has 0 fully saturated rings. The Kier molecular flexibility index (Phi) is 1.36. The molecule has 0 aliphatic rings. The van der Waals surface area contributed by atoms with Crippen molar-refractivity contribution in [1.29, 1.82) is 5.26 Å². The Morgan fingerprint density at radius 3 is 3.11 bits per heavy atom. The molecule has 1 heterocycles. The molecular weight excluding hydrogens is 120 g/mol. The van der Waals surface area contributed by atoms with Gasteiger partial charge in [-0.25, -0.2) is 0 Å². The van der Waals surface area contributed by atoms with E-state index in [0.29, 0.717) is 5.75 Å². The second kappa shape index (κ2) is 2.18. The number of rotatable bonds is 1. The fraction of sp³-hybridized carbons (Fsp3) is 0.200. The highest BCUT2D eigenvalue weighted by atomic mass is 16.5. The van der Waals surface area contributed by atoms with Crippen LogP contribution in [-0.2, 0) is 0 Å². The molecule has 0 aromatic carbocycles.